The van der Waals surface area contributed by atoms with Gasteiger partial charge in [-0.15, -0.1) is 0 Å². The summed E-state index contributed by atoms with van der Waals surface area (Å²) in [7, 11) is -5.18. The Balaban J connectivity index is 1.27. The quantitative estimate of drug-likeness (QED) is 0.112. The standard InChI is InChI=1S/C39H44O9S2/c1-29-37(26-43-22-30-14-6-2-7-15-30)49(27-35-34(48-50(40,41)42)25-46-39(47-35)33-20-12-5-13-21-33)28-36(44-23-31-16-8-3-9-17-31)38(29)45-24-32-18-10-4-11-19-32/h2-21,29,34-39H,22-28H2,1H3/p+1/t29-,34-,35+,36+,37-,38+,39?,49?/m1/s1. The summed E-state index contributed by atoms with van der Waals surface area (Å²) in [5.41, 5.74) is 4.03. The van der Waals surface area contributed by atoms with E-state index < -0.39 is 39.8 Å². The minimum atomic E-state index is -4.77. The van der Waals surface area contributed by atoms with Gasteiger partial charge in [-0.2, -0.15) is 8.42 Å². The Morgan fingerprint density at radius 2 is 1.28 bits per heavy atom. The SMILES string of the molecule is C[C@H]1[C@H](OCc2ccccc2)[C@@H](OCc2ccccc2)C[S+](C[C@@H]2OC(c3ccccc3)OC[C@H]2OS(=O)(=O)O)[C@@H]1COCc1ccccc1. The maximum Gasteiger partial charge on any atom is 0.397 e. The van der Waals surface area contributed by atoms with E-state index in [9.17, 15) is 13.0 Å². The maximum absolute atomic E-state index is 12.0. The fourth-order valence-corrected chi connectivity index (χ4v) is 10.1. The van der Waals surface area contributed by atoms with E-state index in [0.29, 0.717) is 37.9 Å². The monoisotopic (exact) mass is 721 g/mol. The average Bonchev–Trinajstić information content (AvgIpc) is 3.13. The van der Waals surface area contributed by atoms with Crippen LogP contribution in [0.4, 0.5) is 0 Å². The zero-order valence-electron chi connectivity index (χ0n) is 28.1. The fraction of sp³-hybridized carbons (Fsp3) is 0.385. The summed E-state index contributed by atoms with van der Waals surface area (Å²) in [6, 6.07) is 39.7. The van der Waals surface area contributed by atoms with Crippen molar-refractivity contribution in [2.75, 3.05) is 24.7 Å². The van der Waals surface area contributed by atoms with Crippen LogP contribution in [0.1, 0.15) is 35.5 Å². The van der Waals surface area contributed by atoms with Crippen molar-refractivity contribution in [3.05, 3.63) is 144 Å². The van der Waals surface area contributed by atoms with Crippen molar-refractivity contribution in [3.63, 3.8) is 0 Å². The number of benzene rings is 4. The maximum atomic E-state index is 12.0. The van der Waals surface area contributed by atoms with E-state index in [1.165, 1.54) is 0 Å². The van der Waals surface area contributed by atoms with Crippen LogP contribution in [0.25, 0.3) is 0 Å². The Morgan fingerprint density at radius 1 is 0.740 bits per heavy atom. The lowest BCUT2D eigenvalue weighted by Crippen LogP contribution is -2.58. The lowest BCUT2D eigenvalue weighted by molar-refractivity contribution is -0.245. The van der Waals surface area contributed by atoms with E-state index in [1.54, 1.807) is 0 Å². The van der Waals surface area contributed by atoms with Gasteiger partial charge >= 0.3 is 10.4 Å². The highest BCUT2D eigenvalue weighted by atomic mass is 32.3. The van der Waals surface area contributed by atoms with Crippen LogP contribution in [0.5, 0.6) is 0 Å². The van der Waals surface area contributed by atoms with Crippen LogP contribution in [0.15, 0.2) is 121 Å². The van der Waals surface area contributed by atoms with Crippen LogP contribution in [0.3, 0.4) is 0 Å². The molecule has 0 aliphatic carbocycles. The van der Waals surface area contributed by atoms with Gasteiger partial charge in [0.1, 0.15) is 35.1 Å². The number of hydrogen-bond acceptors (Lipinski definition) is 8. The van der Waals surface area contributed by atoms with Gasteiger partial charge in [0, 0.05) is 11.5 Å². The van der Waals surface area contributed by atoms with E-state index >= 15 is 0 Å². The molecule has 0 aromatic heterocycles. The molecule has 1 N–H and O–H groups in total. The van der Waals surface area contributed by atoms with Gasteiger partial charge in [-0.05, 0) is 27.6 Å². The summed E-state index contributed by atoms with van der Waals surface area (Å²) in [4.78, 5) is 0. The first-order valence-electron chi connectivity index (χ1n) is 16.9. The molecule has 0 radical (unpaired) electrons. The minimum Gasteiger partial charge on any atom is -0.372 e. The minimum absolute atomic E-state index is 0.0121. The molecule has 266 valence electrons. The van der Waals surface area contributed by atoms with Crippen molar-refractivity contribution in [2.24, 2.45) is 5.92 Å². The normalized spacial score (nSPS) is 27.2. The van der Waals surface area contributed by atoms with Gasteiger partial charge in [0.15, 0.2) is 6.29 Å². The molecule has 2 heterocycles. The summed E-state index contributed by atoms with van der Waals surface area (Å²) in [6.07, 6.45) is -2.93. The Hall–Kier alpha value is -3.10. The predicted octanol–water partition coefficient (Wildman–Crippen LogP) is 6.31. The van der Waals surface area contributed by atoms with Crippen LogP contribution < -0.4 is 0 Å². The molecular weight excluding hydrogens is 677 g/mol. The van der Waals surface area contributed by atoms with Crippen molar-refractivity contribution >= 4 is 21.3 Å². The number of hydrogen-bond donors (Lipinski definition) is 1. The molecular formula is C39H45O9S2+. The summed E-state index contributed by atoms with van der Waals surface area (Å²) in [5.74, 6) is 1.11. The molecule has 0 spiro atoms. The molecule has 2 unspecified atom stereocenters. The van der Waals surface area contributed by atoms with Gasteiger partial charge in [-0.1, -0.05) is 128 Å². The van der Waals surface area contributed by atoms with Crippen molar-refractivity contribution in [1.82, 2.24) is 0 Å². The zero-order chi connectivity index (χ0) is 34.8. The summed E-state index contributed by atoms with van der Waals surface area (Å²) >= 11 is 0. The van der Waals surface area contributed by atoms with Crippen molar-refractivity contribution in [3.8, 4) is 0 Å². The van der Waals surface area contributed by atoms with E-state index in [-0.39, 0.29) is 30.0 Å². The molecule has 8 atom stereocenters. The van der Waals surface area contributed by atoms with E-state index in [4.69, 9.17) is 27.9 Å². The van der Waals surface area contributed by atoms with Crippen LogP contribution in [-0.2, 0) is 69.0 Å². The second kappa shape index (κ2) is 17.9. The van der Waals surface area contributed by atoms with Crippen LogP contribution in [-0.4, -0.2) is 67.4 Å². The second-order valence-electron chi connectivity index (χ2n) is 12.7. The Kier molecular flexibility index (Phi) is 13.1. The van der Waals surface area contributed by atoms with Gasteiger partial charge in [-0.25, -0.2) is 4.18 Å². The zero-order valence-corrected chi connectivity index (χ0v) is 29.7. The first kappa shape index (κ1) is 36.7. The van der Waals surface area contributed by atoms with Gasteiger partial charge < -0.3 is 23.7 Å². The molecule has 2 saturated heterocycles. The van der Waals surface area contributed by atoms with Gasteiger partial charge in [0.25, 0.3) is 0 Å². The highest BCUT2D eigenvalue weighted by molar-refractivity contribution is 7.97. The lowest BCUT2D eigenvalue weighted by Gasteiger charge is -2.42. The molecule has 0 saturated carbocycles. The summed E-state index contributed by atoms with van der Waals surface area (Å²) in [6.45, 7) is 3.91. The summed E-state index contributed by atoms with van der Waals surface area (Å²) < 4.78 is 70.9. The third kappa shape index (κ3) is 10.5. The molecule has 4 aromatic carbocycles. The molecule has 2 aliphatic heterocycles. The molecule has 11 heteroatoms. The van der Waals surface area contributed by atoms with Crippen molar-refractivity contribution < 1.29 is 40.8 Å². The third-order valence-corrected chi connectivity index (χ3v) is 12.5. The van der Waals surface area contributed by atoms with Gasteiger partial charge in [0.05, 0.1) is 39.1 Å². The third-order valence-electron chi connectivity index (χ3n) is 9.08. The molecule has 9 nitrogen and oxygen atoms in total. The molecule has 2 aliphatic rings. The largest absolute Gasteiger partial charge is 0.397 e. The summed E-state index contributed by atoms with van der Waals surface area (Å²) in [5, 5.41) is 0.0315. The van der Waals surface area contributed by atoms with Crippen LogP contribution >= 0.6 is 0 Å². The molecule has 2 fully saturated rings. The van der Waals surface area contributed by atoms with Crippen molar-refractivity contribution in [2.45, 2.75) is 62.7 Å². The smallest absolute Gasteiger partial charge is 0.372 e. The topological polar surface area (TPSA) is 110 Å². The number of ether oxygens (including phenoxy) is 5. The first-order chi connectivity index (χ1) is 24.3. The Labute approximate surface area is 298 Å². The molecule has 0 amide bonds. The average molecular weight is 722 g/mol. The Bertz CT molecular complexity index is 1680. The molecule has 50 heavy (non-hydrogen) atoms. The molecule has 6 rings (SSSR count). The Morgan fingerprint density at radius 3 is 1.86 bits per heavy atom. The molecule has 4 aromatic rings. The lowest BCUT2D eigenvalue weighted by atomic mass is 9.95. The van der Waals surface area contributed by atoms with Gasteiger partial charge in [0.2, 0.25) is 0 Å². The van der Waals surface area contributed by atoms with Crippen LogP contribution in [0.2, 0.25) is 0 Å². The van der Waals surface area contributed by atoms with Gasteiger partial charge in [-0.3, -0.25) is 4.55 Å². The number of rotatable bonds is 15. The fourth-order valence-electron chi connectivity index (χ4n) is 6.50. The first-order valence-corrected chi connectivity index (χ1v) is 19.9. The second-order valence-corrected chi connectivity index (χ2v) is 16.1. The van der Waals surface area contributed by atoms with E-state index in [0.717, 1.165) is 22.3 Å². The van der Waals surface area contributed by atoms with Crippen molar-refractivity contribution in [1.29, 1.82) is 0 Å². The molecule has 0 bridgehead atoms. The predicted molar refractivity (Wildman–Crippen MR) is 193 cm³/mol. The van der Waals surface area contributed by atoms with Crippen LogP contribution in [0, 0.1) is 5.92 Å². The van der Waals surface area contributed by atoms with E-state index in [2.05, 4.69) is 19.1 Å². The highest BCUT2D eigenvalue weighted by Crippen LogP contribution is 2.37. The highest BCUT2D eigenvalue weighted by Gasteiger charge is 2.53. The van der Waals surface area contributed by atoms with E-state index in [1.807, 2.05) is 109 Å².